The molecule has 25 heavy (non-hydrogen) atoms. The Morgan fingerprint density at radius 3 is 2.52 bits per heavy atom. The number of nitrogens with one attached hydrogen (secondary N) is 2. The molecule has 0 fully saturated rings. The van der Waals surface area contributed by atoms with E-state index in [-0.39, 0.29) is 24.0 Å². The summed E-state index contributed by atoms with van der Waals surface area (Å²) in [5.74, 6) is 2.84. The lowest BCUT2D eigenvalue weighted by Gasteiger charge is -2.11. The van der Waals surface area contributed by atoms with Crippen LogP contribution in [0.3, 0.4) is 0 Å². The van der Waals surface area contributed by atoms with E-state index >= 15 is 0 Å². The van der Waals surface area contributed by atoms with Crippen LogP contribution in [-0.2, 0) is 16.6 Å². The van der Waals surface area contributed by atoms with Crippen LogP contribution in [0.4, 0.5) is 0 Å². The standard InChI is InChI=1S/C19H33N3OS.HI/c1-4-20-19(21-13-9-8-10-17(2)3)22-14-15-24(23)16-18-11-6-5-7-12-18;/h5-7,11-12,17H,4,8-10,13-16H2,1-3H3,(H2,20,21,22);1H. The highest BCUT2D eigenvalue weighted by atomic mass is 127. The van der Waals surface area contributed by atoms with Gasteiger partial charge in [-0.25, -0.2) is 0 Å². The molecule has 0 bridgehead atoms. The van der Waals surface area contributed by atoms with Crippen LogP contribution in [0.5, 0.6) is 0 Å². The number of nitrogens with zero attached hydrogens (tertiary/aromatic N) is 1. The third kappa shape index (κ3) is 13.3. The van der Waals surface area contributed by atoms with E-state index in [2.05, 4.69) is 36.4 Å². The van der Waals surface area contributed by atoms with Crippen molar-refractivity contribution in [2.45, 2.75) is 45.8 Å². The number of unbranched alkanes of at least 4 members (excludes halogenated alkanes) is 1. The van der Waals surface area contributed by atoms with Crippen molar-refractivity contribution in [3.05, 3.63) is 35.9 Å². The Morgan fingerprint density at radius 2 is 1.88 bits per heavy atom. The Balaban J connectivity index is 0.00000576. The second-order valence-corrected chi connectivity index (χ2v) is 7.93. The summed E-state index contributed by atoms with van der Waals surface area (Å²) in [7, 11) is -0.851. The molecule has 0 amide bonds. The predicted molar refractivity (Wildman–Crippen MR) is 121 cm³/mol. The van der Waals surface area contributed by atoms with Crippen LogP contribution in [0.2, 0.25) is 0 Å². The maximum atomic E-state index is 12.1. The summed E-state index contributed by atoms with van der Waals surface area (Å²) in [6.07, 6.45) is 3.61. The topological polar surface area (TPSA) is 53.5 Å². The van der Waals surface area contributed by atoms with Crippen LogP contribution in [0, 0.1) is 5.92 Å². The van der Waals surface area contributed by atoms with Crippen molar-refractivity contribution >= 4 is 40.7 Å². The molecule has 144 valence electrons. The van der Waals surface area contributed by atoms with E-state index in [1.54, 1.807) is 0 Å². The number of benzene rings is 1. The molecule has 1 aromatic carbocycles. The van der Waals surface area contributed by atoms with Crippen molar-refractivity contribution in [1.29, 1.82) is 0 Å². The van der Waals surface area contributed by atoms with Gasteiger partial charge >= 0.3 is 0 Å². The summed E-state index contributed by atoms with van der Waals surface area (Å²) in [5, 5.41) is 6.53. The quantitative estimate of drug-likeness (QED) is 0.219. The van der Waals surface area contributed by atoms with Crippen molar-refractivity contribution in [2.24, 2.45) is 10.9 Å². The Bertz CT molecular complexity index is 495. The van der Waals surface area contributed by atoms with Crippen LogP contribution < -0.4 is 10.6 Å². The fourth-order valence-electron chi connectivity index (χ4n) is 2.31. The lowest BCUT2D eigenvalue weighted by atomic mass is 10.1. The zero-order valence-electron chi connectivity index (χ0n) is 15.8. The van der Waals surface area contributed by atoms with Crippen LogP contribution >= 0.6 is 24.0 Å². The molecule has 0 heterocycles. The summed E-state index contributed by atoms with van der Waals surface area (Å²) in [6, 6.07) is 10.00. The minimum Gasteiger partial charge on any atom is -0.357 e. The Labute approximate surface area is 173 Å². The minimum absolute atomic E-state index is 0. The largest absolute Gasteiger partial charge is 0.357 e. The minimum atomic E-state index is -0.851. The zero-order valence-corrected chi connectivity index (χ0v) is 18.9. The van der Waals surface area contributed by atoms with Gasteiger partial charge in [0, 0.05) is 41.9 Å². The SMILES string of the molecule is CCNC(=NCCCCC(C)C)NCCS(=O)Cc1ccccc1.I. The lowest BCUT2D eigenvalue weighted by molar-refractivity contribution is 0.541. The van der Waals surface area contributed by atoms with Crippen LogP contribution in [0.1, 0.15) is 45.6 Å². The molecular weight excluding hydrogens is 445 g/mol. The molecule has 6 heteroatoms. The Kier molecular flexibility index (Phi) is 15.2. The van der Waals surface area contributed by atoms with Gasteiger partial charge in [0.1, 0.15) is 0 Å². The van der Waals surface area contributed by atoms with Gasteiger partial charge in [0.05, 0.1) is 0 Å². The molecule has 2 N–H and O–H groups in total. The molecule has 0 radical (unpaired) electrons. The van der Waals surface area contributed by atoms with E-state index < -0.39 is 10.8 Å². The van der Waals surface area contributed by atoms with Crippen LogP contribution in [0.15, 0.2) is 35.3 Å². The van der Waals surface area contributed by atoms with Gasteiger partial charge < -0.3 is 10.6 Å². The van der Waals surface area contributed by atoms with Gasteiger partial charge in [-0.1, -0.05) is 57.0 Å². The van der Waals surface area contributed by atoms with Gasteiger partial charge in [0.2, 0.25) is 0 Å². The maximum Gasteiger partial charge on any atom is 0.191 e. The lowest BCUT2D eigenvalue weighted by Crippen LogP contribution is -2.39. The first-order valence-corrected chi connectivity index (χ1v) is 10.5. The monoisotopic (exact) mass is 479 g/mol. The molecule has 0 saturated carbocycles. The molecule has 0 aliphatic carbocycles. The third-order valence-corrected chi connectivity index (χ3v) is 4.91. The number of hydrogen-bond acceptors (Lipinski definition) is 2. The predicted octanol–water partition coefficient (Wildman–Crippen LogP) is 3.93. The molecular formula is C19H34IN3OS. The highest BCUT2D eigenvalue weighted by Crippen LogP contribution is 2.06. The second-order valence-electron chi connectivity index (χ2n) is 6.35. The van der Waals surface area contributed by atoms with Crippen molar-refractivity contribution in [3.63, 3.8) is 0 Å². The van der Waals surface area contributed by atoms with E-state index in [1.165, 1.54) is 12.8 Å². The van der Waals surface area contributed by atoms with E-state index in [4.69, 9.17) is 0 Å². The highest BCUT2D eigenvalue weighted by molar-refractivity contribution is 14.0. The third-order valence-electron chi connectivity index (χ3n) is 3.60. The van der Waals surface area contributed by atoms with Crippen LogP contribution in [-0.4, -0.2) is 35.6 Å². The zero-order chi connectivity index (χ0) is 17.6. The van der Waals surface area contributed by atoms with Crippen LogP contribution in [0.25, 0.3) is 0 Å². The van der Waals surface area contributed by atoms with Crippen molar-refractivity contribution in [2.75, 3.05) is 25.4 Å². The summed E-state index contributed by atoms with van der Waals surface area (Å²) in [4.78, 5) is 4.59. The van der Waals surface area contributed by atoms with E-state index in [0.29, 0.717) is 18.1 Å². The number of hydrogen-bond donors (Lipinski definition) is 2. The van der Waals surface area contributed by atoms with E-state index in [0.717, 1.165) is 37.0 Å². The number of halogens is 1. The molecule has 1 aromatic rings. The summed E-state index contributed by atoms with van der Waals surface area (Å²) in [5.41, 5.74) is 1.13. The first-order chi connectivity index (χ1) is 11.6. The summed E-state index contributed by atoms with van der Waals surface area (Å²) >= 11 is 0. The van der Waals surface area contributed by atoms with Crippen molar-refractivity contribution in [1.82, 2.24) is 10.6 Å². The fraction of sp³-hybridized carbons (Fsp3) is 0.632. The summed E-state index contributed by atoms with van der Waals surface area (Å²) < 4.78 is 12.1. The highest BCUT2D eigenvalue weighted by Gasteiger charge is 2.03. The van der Waals surface area contributed by atoms with Gasteiger partial charge in [-0.2, -0.15) is 0 Å². The van der Waals surface area contributed by atoms with Gasteiger partial charge in [0.15, 0.2) is 5.96 Å². The number of aliphatic imine (C=N–C) groups is 1. The molecule has 1 unspecified atom stereocenters. The first-order valence-electron chi connectivity index (χ1n) is 9.03. The van der Waals surface area contributed by atoms with E-state index in [9.17, 15) is 4.21 Å². The van der Waals surface area contributed by atoms with Crippen molar-refractivity contribution < 1.29 is 4.21 Å². The fourth-order valence-corrected chi connectivity index (χ4v) is 3.35. The molecule has 0 aliphatic heterocycles. The van der Waals surface area contributed by atoms with Gasteiger partial charge in [-0.15, -0.1) is 24.0 Å². The average molecular weight is 479 g/mol. The molecule has 0 aliphatic rings. The number of guanidine groups is 1. The van der Waals surface area contributed by atoms with Gasteiger partial charge in [-0.05, 0) is 24.8 Å². The Hall–Kier alpha value is -0.630. The average Bonchev–Trinajstić information content (AvgIpc) is 2.55. The van der Waals surface area contributed by atoms with E-state index in [1.807, 2.05) is 30.3 Å². The summed E-state index contributed by atoms with van der Waals surface area (Å²) in [6.45, 7) is 8.93. The van der Waals surface area contributed by atoms with Gasteiger partial charge in [0.25, 0.3) is 0 Å². The number of rotatable bonds is 11. The molecule has 0 aromatic heterocycles. The Morgan fingerprint density at radius 1 is 1.16 bits per heavy atom. The van der Waals surface area contributed by atoms with Gasteiger partial charge in [-0.3, -0.25) is 9.20 Å². The maximum absolute atomic E-state index is 12.1. The van der Waals surface area contributed by atoms with Crippen molar-refractivity contribution in [3.8, 4) is 0 Å². The molecule has 1 rings (SSSR count). The smallest absolute Gasteiger partial charge is 0.191 e. The molecule has 0 saturated heterocycles. The first kappa shape index (κ1) is 24.4. The normalized spacial score (nSPS) is 12.6. The molecule has 0 spiro atoms. The second kappa shape index (κ2) is 15.6. The molecule has 1 atom stereocenters. The molecule has 4 nitrogen and oxygen atoms in total.